The average molecular weight is 389 g/mol. The number of thiazole rings is 1. The molecule has 2 heterocycles. The van der Waals surface area contributed by atoms with Crippen molar-refractivity contribution in [1.82, 2.24) is 9.97 Å². The van der Waals surface area contributed by atoms with E-state index in [1.807, 2.05) is 79.0 Å². The van der Waals surface area contributed by atoms with E-state index < -0.39 is 0 Å². The Hall–Kier alpha value is -3.38. The van der Waals surface area contributed by atoms with Crippen LogP contribution >= 0.6 is 11.3 Å². The number of nitrogens with one attached hydrogen (secondary N) is 1. The van der Waals surface area contributed by atoms with Crippen molar-refractivity contribution in [2.24, 2.45) is 0 Å². The molecule has 0 radical (unpaired) electrons. The highest BCUT2D eigenvalue weighted by Crippen LogP contribution is 2.28. The molecule has 0 unspecified atom stereocenters. The van der Waals surface area contributed by atoms with Gasteiger partial charge in [0, 0.05) is 23.7 Å². The van der Waals surface area contributed by atoms with Crippen LogP contribution in [-0.4, -0.2) is 9.97 Å². The molecule has 140 valence electrons. The highest BCUT2D eigenvalue weighted by atomic mass is 32.1. The van der Waals surface area contributed by atoms with Gasteiger partial charge in [-0.1, -0.05) is 36.4 Å². The molecular weight excluding hydrogens is 370 g/mol. The smallest absolute Gasteiger partial charge is 0.188 e. The second kappa shape index (κ2) is 8.54. The molecule has 0 spiro atoms. The molecule has 0 bridgehead atoms. The van der Waals surface area contributed by atoms with Crippen molar-refractivity contribution < 1.29 is 9.47 Å². The monoisotopic (exact) mass is 389 g/mol. The highest BCUT2D eigenvalue weighted by Gasteiger charge is 2.05. The van der Waals surface area contributed by atoms with Crippen LogP contribution in [0.25, 0.3) is 0 Å². The summed E-state index contributed by atoms with van der Waals surface area (Å²) in [6.45, 7) is 2.47. The number of hydrogen-bond donors (Lipinski definition) is 1. The maximum absolute atomic E-state index is 5.98. The van der Waals surface area contributed by atoms with Crippen LogP contribution in [0.3, 0.4) is 0 Å². The van der Waals surface area contributed by atoms with E-state index in [1.54, 1.807) is 17.5 Å². The molecule has 1 N–H and O–H groups in total. The molecule has 0 saturated carbocycles. The summed E-state index contributed by atoms with van der Waals surface area (Å²) in [6, 6.07) is 21.3. The first-order chi connectivity index (χ1) is 13.7. The molecule has 4 rings (SSSR count). The Labute approximate surface area is 167 Å². The van der Waals surface area contributed by atoms with E-state index in [1.165, 1.54) is 0 Å². The second-order valence-electron chi connectivity index (χ2n) is 6.15. The van der Waals surface area contributed by atoms with Crippen molar-refractivity contribution >= 4 is 22.3 Å². The molecule has 0 aliphatic rings. The van der Waals surface area contributed by atoms with Crippen LogP contribution in [0, 0.1) is 6.92 Å². The standard InChI is InChI=1S/C22H19N3O2S/c1-16-15-28-22(24-16)25-21-13-20(10-11-23-21)27-19-9-5-8-18(12-19)26-14-17-6-3-2-4-7-17/h2-13,15H,14H2,1H3,(H,23,24,25). The van der Waals surface area contributed by atoms with Crippen LogP contribution in [0.5, 0.6) is 17.2 Å². The second-order valence-corrected chi connectivity index (χ2v) is 7.01. The Balaban J connectivity index is 1.42. The van der Waals surface area contributed by atoms with Gasteiger partial charge in [-0.3, -0.25) is 0 Å². The Bertz CT molecular complexity index is 1050. The van der Waals surface area contributed by atoms with Gasteiger partial charge in [-0.15, -0.1) is 11.3 Å². The third-order valence-corrected chi connectivity index (χ3v) is 4.75. The Morgan fingerprint density at radius 2 is 1.75 bits per heavy atom. The van der Waals surface area contributed by atoms with Crippen molar-refractivity contribution in [1.29, 1.82) is 0 Å². The number of benzene rings is 2. The molecule has 0 amide bonds. The third kappa shape index (κ3) is 4.86. The van der Waals surface area contributed by atoms with Crippen LogP contribution in [0.15, 0.2) is 78.3 Å². The van der Waals surface area contributed by atoms with Gasteiger partial charge in [0.15, 0.2) is 5.13 Å². The number of aryl methyl sites for hydroxylation is 1. The SMILES string of the molecule is Cc1csc(Nc2cc(Oc3cccc(OCc4ccccc4)c3)ccn2)n1. The van der Waals surface area contributed by atoms with Gasteiger partial charge in [-0.25, -0.2) is 9.97 Å². The number of pyridine rings is 1. The van der Waals surface area contributed by atoms with Crippen LogP contribution < -0.4 is 14.8 Å². The van der Waals surface area contributed by atoms with E-state index in [9.17, 15) is 0 Å². The van der Waals surface area contributed by atoms with Crippen LogP contribution in [0.1, 0.15) is 11.3 Å². The molecule has 5 nitrogen and oxygen atoms in total. The van der Waals surface area contributed by atoms with E-state index in [0.717, 1.165) is 22.1 Å². The number of hydrogen-bond acceptors (Lipinski definition) is 6. The molecule has 0 aliphatic heterocycles. The summed E-state index contributed by atoms with van der Waals surface area (Å²) in [7, 11) is 0. The minimum Gasteiger partial charge on any atom is -0.489 e. The predicted molar refractivity (Wildman–Crippen MR) is 112 cm³/mol. The summed E-state index contributed by atoms with van der Waals surface area (Å²) in [5.41, 5.74) is 2.10. The first kappa shape index (κ1) is 18.0. The molecule has 0 aliphatic carbocycles. The third-order valence-electron chi connectivity index (χ3n) is 3.87. The summed E-state index contributed by atoms with van der Waals surface area (Å²) < 4.78 is 11.8. The Morgan fingerprint density at radius 3 is 2.57 bits per heavy atom. The fourth-order valence-corrected chi connectivity index (χ4v) is 3.26. The van der Waals surface area contributed by atoms with Gasteiger partial charge in [-0.05, 0) is 30.7 Å². The molecule has 0 fully saturated rings. The molecule has 4 aromatic rings. The molecular formula is C22H19N3O2S. The maximum atomic E-state index is 5.98. The van der Waals surface area contributed by atoms with Gasteiger partial charge < -0.3 is 14.8 Å². The molecule has 2 aromatic heterocycles. The first-order valence-electron chi connectivity index (χ1n) is 8.84. The first-order valence-corrected chi connectivity index (χ1v) is 9.72. The lowest BCUT2D eigenvalue weighted by molar-refractivity contribution is 0.304. The van der Waals surface area contributed by atoms with Crippen molar-refractivity contribution in [2.75, 3.05) is 5.32 Å². The molecule has 6 heteroatoms. The number of rotatable bonds is 7. The highest BCUT2D eigenvalue weighted by molar-refractivity contribution is 7.13. The van der Waals surface area contributed by atoms with Crippen molar-refractivity contribution in [3.8, 4) is 17.2 Å². The van der Waals surface area contributed by atoms with Crippen molar-refractivity contribution in [2.45, 2.75) is 13.5 Å². The van der Waals surface area contributed by atoms with Gasteiger partial charge in [-0.2, -0.15) is 0 Å². The van der Waals surface area contributed by atoms with Gasteiger partial charge >= 0.3 is 0 Å². The van der Waals surface area contributed by atoms with Gasteiger partial charge in [0.1, 0.15) is 29.7 Å². The quantitative estimate of drug-likeness (QED) is 0.422. The summed E-state index contributed by atoms with van der Waals surface area (Å²) >= 11 is 1.54. The van der Waals surface area contributed by atoms with E-state index in [4.69, 9.17) is 9.47 Å². The number of nitrogens with zero attached hydrogens (tertiary/aromatic N) is 2. The number of aromatic nitrogens is 2. The van der Waals surface area contributed by atoms with E-state index in [-0.39, 0.29) is 0 Å². The van der Waals surface area contributed by atoms with E-state index in [2.05, 4.69) is 15.3 Å². The van der Waals surface area contributed by atoms with Crippen LogP contribution in [0.2, 0.25) is 0 Å². The molecule has 28 heavy (non-hydrogen) atoms. The zero-order valence-electron chi connectivity index (χ0n) is 15.3. The van der Waals surface area contributed by atoms with E-state index in [0.29, 0.717) is 23.9 Å². The van der Waals surface area contributed by atoms with Crippen molar-refractivity contribution in [3.05, 3.63) is 89.6 Å². The summed E-state index contributed by atoms with van der Waals surface area (Å²) in [6.07, 6.45) is 1.70. The Morgan fingerprint density at radius 1 is 0.929 bits per heavy atom. The minimum atomic E-state index is 0.515. The summed E-state index contributed by atoms with van der Waals surface area (Å²) in [5, 5.41) is 5.99. The lowest BCUT2D eigenvalue weighted by Crippen LogP contribution is -1.96. The minimum absolute atomic E-state index is 0.515. The lowest BCUT2D eigenvalue weighted by atomic mass is 10.2. The fraction of sp³-hybridized carbons (Fsp3) is 0.0909. The zero-order valence-corrected chi connectivity index (χ0v) is 16.1. The largest absolute Gasteiger partial charge is 0.489 e. The van der Waals surface area contributed by atoms with Crippen molar-refractivity contribution in [3.63, 3.8) is 0 Å². The zero-order chi connectivity index (χ0) is 19.2. The van der Waals surface area contributed by atoms with Gasteiger partial charge in [0.2, 0.25) is 0 Å². The number of ether oxygens (including phenoxy) is 2. The van der Waals surface area contributed by atoms with Gasteiger partial charge in [0.25, 0.3) is 0 Å². The molecule has 0 saturated heterocycles. The summed E-state index contributed by atoms with van der Waals surface area (Å²) in [5.74, 6) is 2.83. The normalized spacial score (nSPS) is 10.5. The topological polar surface area (TPSA) is 56.3 Å². The lowest BCUT2D eigenvalue weighted by Gasteiger charge is -2.10. The molecule has 2 aromatic carbocycles. The van der Waals surface area contributed by atoms with Crippen LogP contribution in [-0.2, 0) is 6.61 Å². The Kier molecular flexibility index (Phi) is 5.49. The average Bonchev–Trinajstić information content (AvgIpc) is 3.12. The maximum Gasteiger partial charge on any atom is 0.188 e. The summed E-state index contributed by atoms with van der Waals surface area (Å²) in [4.78, 5) is 8.70. The van der Waals surface area contributed by atoms with Gasteiger partial charge in [0.05, 0.1) is 5.69 Å². The fourth-order valence-electron chi connectivity index (χ4n) is 2.57. The molecule has 0 atom stereocenters. The van der Waals surface area contributed by atoms with E-state index >= 15 is 0 Å². The number of anilines is 2. The predicted octanol–water partition coefficient (Wildman–Crippen LogP) is 5.96. The van der Waals surface area contributed by atoms with Crippen LogP contribution in [0.4, 0.5) is 10.9 Å².